The Hall–Kier alpha value is -2.24. The quantitative estimate of drug-likeness (QED) is 0.893. The molecule has 0 saturated carbocycles. The molecule has 3 amide bonds. The van der Waals surface area contributed by atoms with Crippen LogP contribution in [0.4, 0.5) is 9.59 Å². The number of methoxy groups -OCH3 is 1. The zero-order valence-corrected chi connectivity index (χ0v) is 12.9. The number of hydrogen-bond acceptors (Lipinski definition) is 3. The van der Waals surface area contributed by atoms with Gasteiger partial charge in [-0.3, -0.25) is 0 Å². The zero-order chi connectivity index (χ0) is 15.8. The number of piperidine rings is 1. The SMILES string of the molecule is COC(=O)N1CCC(CNC(=O)NCc2ccccc2)CC1. The van der Waals surface area contributed by atoms with Crippen LogP contribution in [0.25, 0.3) is 0 Å². The van der Waals surface area contributed by atoms with Gasteiger partial charge in [-0.25, -0.2) is 9.59 Å². The fourth-order valence-electron chi connectivity index (χ4n) is 2.53. The van der Waals surface area contributed by atoms with Gasteiger partial charge in [-0.2, -0.15) is 0 Å². The summed E-state index contributed by atoms with van der Waals surface area (Å²) in [5.74, 6) is 0.406. The first kappa shape index (κ1) is 16.1. The van der Waals surface area contributed by atoms with Crippen LogP contribution in [0.2, 0.25) is 0 Å². The molecule has 22 heavy (non-hydrogen) atoms. The Morgan fingerprint density at radius 1 is 1.18 bits per heavy atom. The maximum atomic E-state index is 11.8. The molecule has 1 fully saturated rings. The van der Waals surface area contributed by atoms with E-state index in [4.69, 9.17) is 4.74 Å². The first-order valence-electron chi connectivity index (χ1n) is 7.57. The summed E-state index contributed by atoms with van der Waals surface area (Å²) in [6, 6.07) is 9.64. The first-order chi connectivity index (χ1) is 10.7. The van der Waals surface area contributed by atoms with E-state index in [9.17, 15) is 9.59 Å². The van der Waals surface area contributed by atoms with Crippen LogP contribution in [-0.4, -0.2) is 43.8 Å². The average Bonchev–Trinajstić information content (AvgIpc) is 2.58. The Morgan fingerprint density at radius 2 is 1.86 bits per heavy atom. The van der Waals surface area contributed by atoms with E-state index in [1.807, 2.05) is 30.3 Å². The minimum Gasteiger partial charge on any atom is -0.453 e. The molecule has 0 spiro atoms. The van der Waals surface area contributed by atoms with E-state index in [1.54, 1.807) is 4.90 Å². The molecule has 120 valence electrons. The molecule has 1 aliphatic heterocycles. The minimum atomic E-state index is -0.271. The molecule has 0 aliphatic carbocycles. The summed E-state index contributed by atoms with van der Waals surface area (Å²) in [7, 11) is 1.40. The van der Waals surface area contributed by atoms with E-state index in [1.165, 1.54) is 7.11 Å². The van der Waals surface area contributed by atoms with Gasteiger partial charge in [0.25, 0.3) is 0 Å². The van der Waals surface area contributed by atoms with Crippen molar-refractivity contribution in [3.05, 3.63) is 35.9 Å². The van der Waals surface area contributed by atoms with Gasteiger partial charge in [0.1, 0.15) is 0 Å². The van der Waals surface area contributed by atoms with Gasteiger partial charge >= 0.3 is 12.1 Å². The number of urea groups is 1. The van der Waals surface area contributed by atoms with Gasteiger partial charge < -0.3 is 20.3 Å². The highest BCUT2D eigenvalue weighted by molar-refractivity contribution is 5.73. The number of hydrogen-bond donors (Lipinski definition) is 2. The molecule has 1 aromatic carbocycles. The number of carbonyl (C=O) groups is 2. The van der Waals surface area contributed by atoms with Crippen LogP contribution in [-0.2, 0) is 11.3 Å². The predicted molar refractivity (Wildman–Crippen MR) is 83.4 cm³/mol. The Kier molecular flexibility index (Phi) is 6.06. The second-order valence-corrected chi connectivity index (χ2v) is 5.45. The van der Waals surface area contributed by atoms with Crippen LogP contribution in [0, 0.1) is 5.92 Å². The summed E-state index contributed by atoms with van der Waals surface area (Å²) in [6.07, 6.45) is 1.49. The number of carbonyl (C=O) groups excluding carboxylic acids is 2. The standard InChI is InChI=1S/C16H23N3O3/c1-22-16(21)19-9-7-14(8-10-19)12-18-15(20)17-11-13-5-3-2-4-6-13/h2-6,14H,7-12H2,1H3,(H2,17,18,20). The van der Waals surface area contributed by atoms with Gasteiger partial charge in [0, 0.05) is 26.2 Å². The molecular weight excluding hydrogens is 282 g/mol. The van der Waals surface area contributed by atoms with Crippen LogP contribution >= 0.6 is 0 Å². The van der Waals surface area contributed by atoms with Crippen LogP contribution in [0.15, 0.2) is 30.3 Å². The highest BCUT2D eigenvalue weighted by Gasteiger charge is 2.23. The van der Waals surface area contributed by atoms with E-state index in [-0.39, 0.29) is 12.1 Å². The normalized spacial score (nSPS) is 15.2. The Morgan fingerprint density at radius 3 is 2.50 bits per heavy atom. The molecule has 6 nitrogen and oxygen atoms in total. The van der Waals surface area contributed by atoms with Gasteiger partial charge in [0.2, 0.25) is 0 Å². The number of rotatable bonds is 4. The summed E-state index contributed by atoms with van der Waals surface area (Å²) in [6.45, 7) is 2.53. The molecule has 0 unspecified atom stereocenters. The summed E-state index contributed by atoms with van der Waals surface area (Å²) >= 11 is 0. The fourth-order valence-corrected chi connectivity index (χ4v) is 2.53. The lowest BCUT2D eigenvalue weighted by Crippen LogP contribution is -2.43. The molecule has 0 radical (unpaired) electrons. The number of nitrogens with zero attached hydrogens (tertiary/aromatic N) is 1. The molecule has 0 aromatic heterocycles. The number of amides is 3. The smallest absolute Gasteiger partial charge is 0.409 e. The summed E-state index contributed by atoms with van der Waals surface area (Å²) in [5.41, 5.74) is 1.07. The zero-order valence-electron chi connectivity index (χ0n) is 12.9. The van der Waals surface area contributed by atoms with E-state index < -0.39 is 0 Å². The molecular formula is C16H23N3O3. The number of nitrogens with one attached hydrogen (secondary N) is 2. The first-order valence-corrected chi connectivity index (χ1v) is 7.57. The second-order valence-electron chi connectivity index (χ2n) is 5.45. The second kappa shape index (κ2) is 8.26. The molecule has 1 aliphatic rings. The molecule has 0 atom stereocenters. The van der Waals surface area contributed by atoms with Crippen LogP contribution in [0.5, 0.6) is 0 Å². The molecule has 6 heteroatoms. The Balaban J connectivity index is 1.62. The molecule has 2 rings (SSSR count). The van der Waals surface area contributed by atoms with E-state index in [2.05, 4.69) is 10.6 Å². The maximum absolute atomic E-state index is 11.8. The summed E-state index contributed by atoms with van der Waals surface area (Å²) in [5, 5.41) is 5.74. The average molecular weight is 305 g/mol. The van der Waals surface area contributed by atoms with Gasteiger partial charge in [-0.1, -0.05) is 30.3 Å². The molecule has 1 aromatic rings. The fraction of sp³-hybridized carbons (Fsp3) is 0.500. The van der Waals surface area contributed by atoms with Crippen LogP contribution in [0.1, 0.15) is 18.4 Å². The van der Waals surface area contributed by atoms with Crippen molar-refractivity contribution in [1.29, 1.82) is 0 Å². The largest absolute Gasteiger partial charge is 0.453 e. The van der Waals surface area contributed by atoms with Crippen LogP contribution in [0.3, 0.4) is 0 Å². The van der Waals surface area contributed by atoms with Crippen molar-refractivity contribution in [3.63, 3.8) is 0 Å². The number of likely N-dealkylation sites (tertiary alicyclic amines) is 1. The Labute approximate surface area is 130 Å². The van der Waals surface area contributed by atoms with Gasteiger partial charge in [0.15, 0.2) is 0 Å². The van der Waals surface area contributed by atoms with Crippen molar-refractivity contribution in [2.45, 2.75) is 19.4 Å². The molecule has 1 saturated heterocycles. The van der Waals surface area contributed by atoms with Crippen molar-refractivity contribution >= 4 is 12.1 Å². The van der Waals surface area contributed by atoms with Crippen molar-refractivity contribution in [1.82, 2.24) is 15.5 Å². The lowest BCUT2D eigenvalue weighted by molar-refractivity contribution is 0.106. The van der Waals surface area contributed by atoms with Crippen LogP contribution < -0.4 is 10.6 Å². The van der Waals surface area contributed by atoms with Gasteiger partial charge in [-0.05, 0) is 24.3 Å². The lowest BCUT2D eigenvalue weighted by Gasteiger charge is -2.30. The van der Waals surface area contributed by atoms with Crippen molar-refractivity contribution in [2.75, 3.05) is 26.7 Å². The van der Waals surface area contributed by atoms with Crippen molar-refractivity contribution < 1.29 is 14.3 Å². The Bertz CT molecular complexity index is 485. The maximum Gasteiger partial charge on any atom is 0.409 e. The predicted octanol–water partition coefficient (Wildman–Crippen LogP) is 1.96. The third-order valence-corrected chi connectivity index (χ3v) is 3.89. The van der Waals surface area contributed by atoms with Gasteiger partial charge in [-0.15, -0.1) is 0 Å². The minimum absolute atomic E-state index is 0.153. The summed E-state index contributed by atoms with van der Waals surface area (Å²) in [4.78, 5) is 24.9. The highest BCUT2D eigenvalue weighted by atomic mass is 16.5. The molecule has 1 heterocycles. The molecule has 2 N–H and O–H groups in total. The summed E-state index contributed by atoms with van der Waals surface area (Å²) < 4.78 is 4.70. The van der Waals surface area contributed by atoms with E-state index in [0.717, 1.165) is 18.4 Å². The van der Waals surface area contributed by atoms with Gasteiger partial charge in [0.05, 0.1) is 7.11 Å². The monoisotopic (exact) mass is 305 g/mol. The number of benzene rings is 1. The van der Waals surface area contributed by atoms with Crippen molar-refractivity contribution in [2.24, 2.45) is 5.92 Å². The third kappa shape index (κ3) is 4.95. The van der Waals surface area contributed by atoms with E-state index >= 15 is 0 Å². The lowest BCUT2D eigenvalue weighted by atomic mass is 9.97. The van der Waals surface area contributed by atoms with E-state index in [0.29, 0.717) is 32.1 Å². The topological polar surface area (TPSA) is 70.7 Å². The third-order valence-electron chi connectivity index (χ3n) is 3.89. The molecule has 0 bridgehead atoms. The number of ether oxygens (including phenoxy) is 1. The highest BCUT2D eigenvalue weighted by Crippen LogP contribution is 2.16. The van der Waals surface area contributed by atoms with Crippen molar-refractivity contribution in [3.8, 4) is 0 Å².